The average molecular weight is 263 g/mol. The molecule has 0 amide bonds. The van der Waals surface area contributed by atoms with Gasteiger partial charge in [-0.25, -0.2) is 9.76 Å². The second-order valence-electron chi connectivity index (χ2n) is 2.83. The summed E-state index contributed by atoms with van der Waals surface area (Å²) in [5.41, 5.74) is 0. The lowest BCUT2D eigenvalue weighted by atomic mass is 10.5. The minimum Gasteiger partial charge on any atom is -0.306 e. The molecule has 1 saturated heterocycles. The van der Waals surface area contributed by atoms with Crippen LogP contribution in [-0.2, 0) is 9.09 Å². The number of hydrogen-bond donors (Lipinski definition) is 1. The number of nitrogens with zero attached hydrogens (tertiary/aromatic N) is 1. The summed E-state index contributed by atoms with van der Waals surface area (Å²) in [6, 6.07) is 0. The van der Waals surface area contributed by atoms with Crippen molar-refractivity contribution in [2.75, 3.05) is 38.0 Å². The van der Waals surface area contributed by atoms with Crippen molar-refractivity contribution in [1.82, 2.24) is 9.76 Å². The summed E-state index contributed by atoms with van der Waals surface area (Å²) in [4.78, 5) is 0. The van der Waals surface area contributed by atoms with Crippen molar-refractivity contribution in [3.63, 3.8) is 0 Å². The Balaban J connectivity index is 2.71. The lowest BCUT2D eigenvalue weighted by Gasteiger charge is -2.33. The molecule has 0 saturated carbocycles. The molecular formula is C7H15Cl2N2O2P. The second kappa shape index (κ2) is 6.31. The molecule has 1 N–H and O–H groups in total. The third-order valence-corrected chi connectivity index (χ3v) is 4.39. The first-order chi connectivity index (χ1) is 7.37. The van der Waals surface area contributed by atoms with Crippen molar-refractivity contribution in [2.45, 2.75) is 6.42 Å². The van der Waals surface area contributed by atoms with Gasteiger partial charge in [0, 0.05) is 34.1 Å². The Labute approximate surface area is 97.3 Å². The van der Waals surface area contributed by atoms with Gasteiger partial charge in [0.25, 0.3) is 0 Å². The van der Waals surface area contributed by atoms with Crippen molar-refractivity contribution < 1.29 is 11.8 Å². The highest BCUT2D eigenvalue weighted by atomic mass is 35.5. The maximum Gasteiger partial charge on any atom is 0.343 e. The summed E-state index contributed by atoms with van der Waals surface area (Å²) in [5, 5.41) is 2.78. The molecule has 1 heterocycles. The van der Waals surface area contributed by atoms with Crippen LogP contribution in [0.4, 0.5) is 0 Å². The molecule has 0 bridgehead atoms. The molecule has 0 aliphatic carbocycles. The van der Waals surface area contributed by atoms with E-state index in [-0.39, 0.29) is 19.0 Å². The predicted octanol–water partition coefficient (Wildman–Crippen LogP) is 1.88. The summed E-state index contributed by atoms with van der Waals surface area (Å²) in [6.45, 7) is 1.05. The van der Waals surface area contributed by atoms with Crippen LogP contribution in [0.15, 0.2) is 0 Å². The van der Waals surface area contributed by atoms with E-state index in [0.717, 1.165) is 6.42 Å². The highest BCUT2D eigenvalue weighted by molar-refractivity contribution is 7.54. The molecule has 0 radical (unpaired) electrons. The third kappa shape index (κ3) is 3.37. The van der Waals surface area contributed by atoms with Gasteiger partial charge in [-0.3, -0.25) is 4.57 Å². The number of rotatable bonds is 5. The first-order valence-corrected chi connectivity index (χ1v) is 6.86. The molecular weight excluding hydrogens is 246 g/mol. The Kier molecular flexibility index (Phi) is 4.46. The smallest absolute Gasteiger partial charge is 0.306 e. The van der Waals surface area contributed by atoms with Gasteiger partial charge in [0.05, 0.1) is 6.61 Å². The molecule has 1 atom stereocenters. The number of alkyl halides is 2. The van der Waals surface area contributed by atoms with E-state index in [1.54, 1.807) is 0 Å². The highest BCUT2D eigenvalue weighted by Crippen LogP contribution is 2.47. The van der Waals surface area contributed by atoms with Crippen LogP contribution in [0.5, 0.6) is 0 Å². The molecule has 1 aliphatic rings. The van der Waals surface area contributed by atoms with Gasteiger partial charge < -0.3 is 4.52 Å². The molecule has 7 heteroatoms. The largest absolute Gasteiger partial charge is 0.343 e. The van der Waals surface area contributed by atoms with Gasteiger partial charge in [-0.05, 0) is 6.42 Å². The van der Waals surface area contributed by atoms with Crippen LogP contribution in [0.25, 0.3) is 0 Å². The van der Waals surface area contributed by atoms with E-state index in [0.29, 0.717) is 13.2 Å². The summed E-state index contributed by atoms with van der Waals surface area (Å²) >= 11 is 11.1. The zero-order valence-electron chi connectivity index (χ0n) is 9.71. The summed E-state index contributed by atoms with van der Waals surface area (Å²) in [5.74, 6) is -1.71. The molecule has 1 fully saturated rings. The molecule has 0 spiro atoms. The van der Waals surface area contributed by atoms with Crippen LogP contribution in [0.2, 0.25) is 0 Å². The Morgan fingerprint density at radius 1 is 1.57 bits per heavy atom. The Hall–Kier alpha value is 0.690. The number of hydrogen-bond acceptors (Lipinski definition) is 2. The molecule has 1 rings (SSSR count). The van der Waals surface area contributed by atoms with E-state index in [2.05, 4.69) is 5.09 Å². The summed E-state index contributed by atoms with van der Waals surface area (Å²) in [7, 11) is -3.16. The Bertz CT molecular complexity index is 268. The van der Waals surface area contributed by atoms with Gasteiger partial charge in [-0.1, -0.05) is 0 Å². The predicted molar refractivity (Wildman–Crippen MR) is 59.2 cm³/mol. The van der Waals surface area contributed by atoms with Crippen LogP contribution in [0.1, 0.15) is 9.16 Å². The number of halogens is 2. The molecule has 0 aromatic heterocycles. The van der Waals surface area contributed by atoms with Crippen molar-refractivity contribution in [2.24, 2.45) is 0 Å². The van der Waals surface area contributed by atoms with Gasteiger partial charge in [-0.15, -0.1) is 23.2 Å². The summed E-state index contributed by atoms with van der Waals surface area (Å²) < 4.78 is 33.5. The topological polar surface area (TPSA) is 41.6 Å². The monoisotopic (exact) mass is 262 g/mol. The van der Waals surface area contributed by atoms with Crippen molar-refractivity contribution in [3.8, 4) is 0 Å². The van der Waals surface area contributed by atoms with E-state index in [4.69, 9.17) is 30.5 Å². The maximum atomic E-state index is 12.3. The molecule has 14 heavy (non-hydrogen) atoms. The maximum absolute atomic E-state index is 12.3. The van der Waals surface area contributed by atoms with Gasteiger partial charge in [-0.2, -0.15) is 0 Å². The van der Waals surface area contributed by atoms with Crippen LogP contribution in [-0.4, -0.2) is 42.6 Å². The fourth-order valence-corrected chi connectivity index (χ4v) is 3.62. The van der Waals surface area contributed by atoms with Gasteiger partial charge in [0.2, 0.25) is 0 Å². The average Bonchev–Trinajstić information content (AvgIpc) is 2.16. The van der Waals surface area contributed by atoms with E-state index in [1.165, 1.54) is 4.67 Å². The summed E-state index contributed by atoms with van der Waals surface area (Å²) in [6.07, 6.45) is 0.784. The minimum atomic E-state index is -3.16. The lowest BCUT2D eigenvalue weighted by Crippen LogP contribution is -2.35. The molecule has 0 aromatic rings. The van der Waals surface area contributed by atoms with Crippen LogP contribution in [0.3, 0.4) is 0 Å². The Morgan fingerprint density at radius 2 is 2.36 bits per heavy atom. The van der Waals surface area contributed by atoms with Crippen molar-refractivity contribution in [3.05, 3.63) is 0 Å². The molecule has 84 valence electrons. The molecule has 1 aliphatic heterocycles. The van der Waals surface area contributed by atoms with Gasteiger partial charge in [0.15, 0.2) is 0 Å². The zero-order chi connectivity index (χ0) is 12.2. The first-order valence-electron chi connectivity index (χ1n) is 5.37. The lowest BCUT2D eigenvalue weighted by molar-refractivity contribution is 0.233. The fraction of sp³-hybridized carbons (Fsp3) is 1.00. The zero-order valence-corrected chi connectivity index (χ0v) is 10.1. The second-order valence-corrected chi connectivity index (χ2v) is 5.65. The third-order valence-electron chi connectivity index (χ3n) is 1.86. The normalized spacial score (nSPS) is 31.4. The molecule has 0 aromatic carbocycles. The SMILES string of the molecule is [2H]C([2H])(Cl)CN(CCCl)P1(=O)NCCCO1. The van der Waals surface area contributed by atoms with Crippen molar-refractivity contribution >= 4 is 30.9 Å². The van der Waals surface area contributed by atoms with E-state index >= 15 is 0 Å². The molecule has 1 unspecified atom stereocenters. The van der Waals surface area contributed by atoms with Crippen LogP contribution < -0.4 is 5.09 Å². The highest BCUT2D eigenvalue weighted by Gasteiger charge is 2.32. The standard InChI is InChI=1S/C7H15Cl2N2O2P/c8-2-5-11(6-3-9)14(12)10-4-1-7-13-14/h1-7H2,(H,10,12)/i2D2. The van der Waals surface area contributed by atoms with E-state index < -0.39 is 13.5 Å². The van der Waals surface area contributed by atoms with Gasteiger partial charge >= 0.3 is 7.67 Å². The Morgan fingerprint density at radius 3 is 2.86 bits per heavy atom. The van der Waals surface area contributed by atoms with Crippen molar-refractivity contribution in [1.29, 1.82) is 0 Å². The molecule has 4 nitrogen and oxygen atoms in total. The number of nitrogens with one attached hydrogen (secondary N) is 1. The van der Waals surface area contributed by atoms with Crippen LogP contribution in [0, 0.1) is 0 Å². The quantitative estimate of drug-likeness (QED) is 0.607. The van der Waals surface area contributed by atoms with Crippen LogP contribution >= 0.6 is 30.9 Å². The van der Waals surface area contributed by atoms with E-state index in [9.17, 15) is 4.57 Å². The first kappa shape index (κ1) is 9.88. The minimum absolute atomic E-state index is 0.189. The fourth-order valence-electron chi connectivity index (χ4n) is 1.18. The van der Waals surface area contributed by atoms with Gasteiger partial charge in [0.1, 0.15) is 0 Å². The van der Waals surface area contributed by atoms with E-state index in [1.807, 2.05) is 0 Å².